The van der Waals surface area contributed by atoms with Gasteiger partial charge in [-0.1, -0.05) is 0 Å². The first-order valence-electron chi connectivity index (χ1n) is 11.5. The molecular formula is C25H32N4O7S. The number of methoxy groups -OCH3 is 4. The standard InChI is InChI=1S/C25H32N4O7S/c1-33-19-14-22(34-2)20(23(15-19)35-3)6-12-37(31,32)17-18-13-21(25(36-4)28-16-18)27-7-5-24(30)29-10-8-26-9-11-29/h5-7,12-16,26-27H,8-11,17H2,1-4H3/b7-5-,12-6+. The molecule has 0 radical (unpaired) electrons. The lowest BCUT2D eigenvalue weighted by atomic mass is 10.1. The van der Waals surface area contributed by atoms with Gasteiger partial charge in [-0.25, -0.2) is 13.4 Å². The van der Waals surface area contributed by atoms with E-state index in [-0.39, 0.29) is 17.5 Å². The lowest BCUT2D eigenvalue weighted by Gasteiger charge is -2.26. The van der Waals surface area contributed by atoms with Crippen LogP contribution >= 0.6 is 0 Å². The zero-order valence-electron chi connectivity index (χ0n) is 21.3. The maximum Gasteiger partial charge on any atom is 0.248 e. The van der Waals surface area contributed by atoms with Gasteiger partial charge in [0.05, 0.1) is 39.8 Å². The summed E-state index contributed by atoms with van der Waals surface area (Å²) in [6, 6.07) is 4.90. The molecule has 2 heterocycles. The second-order valence-corrected chi connectivity index (χ2v) is 9.90. The molecule has 200 valence electrons. The van der Waals surface area contributed by atoms with Crippen molar-refractivity contribution in [3.05, 3.63) is 53.2 Å². The van der Waals surface area contributed by atoms with Crippen molar-refractivity contribution in [1.29, 1.82) is 0 Å². The maximum absolute atomic E-state index is 12.9. The van der Waals surface area contributed by atoms with Gasteiger partial charge in [0, 0.05) is 62.2 Å². The van der Waals surface area contributed by atoms with Gasteiger partial charge in [-0.15, -0.1) is 0 Å². The third-order valence-electron chi connectivity index (χ3n) is 5.56. The number of nitrogens with one attached hydrogen (secondary N) is 2. The lowest BCUT2D eigenvalue weighted by Crippen LogP contribution is -2.45. The van der Waals surface area contributed by atoms with Crippen LogP contribution in [-0.4, -0.2) is 78.8 Å². The van der Waals surface area contributed by atoms with E-state index < -0.39 is 9.84 Å². The van der Waals surface area contributed by atoms with Gasteiger partial charge in [-0.05, 0) is 17.7 Å². The fourth-order valence-corrected chi connectivity index (χ4v) is 4.74. The van der Waals surface area contributed by atoms with Crippen molar-refractivity contribution in [1.82, 2.24) is 15.2 Å². The fourth-order valence-electron chi connectivity index (χ4n) is 3.68. The van der Waals surface area contributed by atoms with Crippen LogP contribution in [0.3, 0.4) is 0 Å². The van der Waals surface area contributed by atoms with Crippen LogP contribution in [0.4, 0.5) is 5.69 Å². The first-order valence-corrected chi connectivity index (χ1v) is 13.2. The second-order valence-electron chi connectivity index (χ2n) is 8.01. The van der Waals surface area contributed by atoms with E-state index in [2.05, 4.69) is 15.6 Å². The topological polar surface area (TPSA) is 128 Å². The van der Waals surface area contributed by atoms with E-state index in [4.69, 9.17) is 18.9 Å². The molecule has 2 N–H and O–H groups in total. The van der Waals surface area contributed by atoms with Crippen LogP contribution in [-0.2, 0) is 20.4 Å². The molecule has 0 atom stereocenters. The van der Waals surface area contributed by atoms with Crippen LogP contribution in [0.25, 0.3) is 6.08 Å². The van der Waals surface area contributed by atoms with Crippen LogP contribution in [0.5, 0.6) is 23.1 Å². The molecule has 11 nitrogen and oxygen atoms in total. The quantitative estimate of drug-likeness (QED) is 0.415. The smallest absolute Gasteiger partial charge is 0.248 e. The lowest BCUT2D eigenvalue weighted by molar-refractivity contribution is -0.126. The molecule has 1 saturated heterocycles. The van der Waals surface area contributed by atoms with Crippen molar-refractivity contribution in [3.8, 4) is 23.1 Å². The summed E-state index contributed by atoms with van der Waals surface area (Å²) in [6.07, 6.45) is 5.77. The van der Waals surface area contributed by atoms with Gasteiger partial charge in [0.15, 0.2) is 9.84 Å². The van der Waals surface area contributed by atoms with Gasteiger partial charge in [0.1, 0.15) is 22.9 Å². The Bertz CT molecular complexity index is 1230. The number of hydrogen-bond acceptors (Lipinski definition) is 10. The number of anilines is 1. The number of aromatic nitrogens is 1. The number of amides is 1. The van der Waals surface area contributed by atoms with Gasteiger partial charge >= 0.3 is 0 Å². The Labute approximate surface area is 217 Å². The van der Waals surface area contributed by atoms with E-state index in [1.165, 1.54) is 53.0 Å². The minimum Gasteiger partial charge on any atom is -0.496 e. The minimum absolute atomic E-state index is 0.116. The number of pyridine rings is 1. The molecule has 0 bridgehead atoms. The van der Waals surface area contributed by atoms with Crippen molar-refractivity contribution in [3.63, 3.8) is 0 Å². The highest BCUT2D eigenvalue weighted by molar-refractivity contribution is 7.93. The van der Waals surface area contributed by atoms with Crippen LogP contribution in [0.2, 0.25) is 0 Å². The van der Waals surface area contributed by atoms with E-state index in [1.807, 2.05) is 0 Å². The van der Waals surface area contributed by atoms with Crippen molar-refractivity contribution in [2.24, 2.45) is 0 Å². The summed E-state index contributed by atoms with van der Waals surface area (Å²) in [5, 5.41) is 7.27. The van der Waals surface area contributed by atoms with Crippen molar-refractivity contribution >= 4 is 27.5 Å². The molecule has 12 heteroatoms. The summed E-state index contributed by atoms with van der Waals surface area (Å²) in [5.41, 5.74) is 1.33. The van der Waals surface area contributed by atoms with Gasteiger partial charge in [0.25, 0.3) is 0 Å². The molecule has 1 aromatic heterocycles. The Balaban J connectivity index is 1.76. The maximum atomic E-state index is 12.9. The molecule has 1 aliphatic heterocycles. The monoisotopic (exact) mass is 532 g/mol. The number of hydrogen-bond donors (Lipinski definition) is 2. The molecular weight excluding hydrogens is 500 g/mol. The highest BCUT2D eigenvalue weighted by Gasteiger charge is 2.16. The van der Waals surface area contributed by atoms with E-state index in [9.17, 15) is 13.2 Å². The van der Waals surface area contributed by atoms with Crippen LogP contribution < -0.4 is 29.6 Å². The van der Waals surface area contributed by atoms with Crippen LogP contribution in [0, 0.1) is 0 Å². The average Bonchev–Trinajstić information content (AvgIpc) is 2.91. The normalized spacial score (nSPS) is 14.1. The third-order valence-corrected chi connectivity index (χ3v) is 6.84. The van der Waals surface area contributed by atoms with Gasteiger partial charge in [-0.2, -0.15) is 0 Å². The molecule has 0 unspecified atom stereocenters. The number of rotatable bonds is 11. The summed E-state index contributed by atoms with van der Waals surface area (Å²) in [7, 11) is 2.22. The third kappa shape index (κ3) is 7.61. The molecule has 1 aromatic carbocycles. The largest absolute Gasteiger partial charge is 0.496 e. The molecule has 0 aliphatic carbocycles. The molecule has 37 heavy (non-hydrogen) atoms. The molecule has 3 rings (SSSR count). The highest BCUT2D eigenvalue weighted by atomic mass is 32.2. The Morgan fingerprint density at radius 1 is 1.05 bits per heavy atom. The van der Waals surface area contributed by atoms with Gasteiger partial charge in [-0.3, -0.25) is 4.79 Å². The molecule has 0 saturated carbocycles. The first-order chi connectivity index (χ1) is 17.8. The minimum atomic E-state index is -3.70. The van der Waals surface area contributed by atoms with E-state index in [1.54, 1.807) is 23.1 Å². The SMILES string of the molecule is COc1cc(OC)c(/C=C/S(=O)(=O)Cc2cnc(OC)c(N/C=C\C(=O)N3CCNCC3)c2)c(OC)c1. The molecule has 1 fully saturated rings. The molecule has 1 aliphatic rings. The van der Waals surface area contributed by atoms with Crippen molar-refractivity contribution in [2.75, 3.05) is 59.9 Å². The Hall–Kier alpha value is -3.77. The summed E-state index contributed by atoms with van der Waals surface area (Å²) in [6.45, 7) is 2.80. The van der Waals surface area contributed by atoms with E-state index in [0.29, 0.717) is 47.2 Å². The van der Waals surface area contributed by atoms with Crippen molar-refractivity contribution < 1.29 is 32.2 Å². The average molecular weight is 533 g/mol. The fraction of sp³-hybridized carbons (Fsp3) is 0.360. The number of benzene rings is 1. The number of nitrogens with zero attached hydrogens (tertiary/aromatic N) is 2. The van der Waals surface area contributed by atoms with Gasteiger partial charge < -0.3 is 34.5 Å². The second kappa shape index (κ2) is 13.0. The number of carbonyl (C=O) groups excluding carboxylic acids is 1. The predicted molar refractivity (Wildman–Crippen MR) is 141 cm³/mol. The Morgan fingerprint density at radius 3 is 2.32 bits per heavy atom. The first kappa shape index (κ1) is 27.8. The van der Waals surface area contributed by atoms with Crippen LogP contribution in [0.15, 0.2) is 42.1 Å². The number of carbonyl (C=O) groups is 1. The molecule has 1 amide bonds. The summed E-state index contributed by atoms with van der Waals surface area (Å²) < 4.78 is 47.0. The summed E-state index contributed by atoms with van der Waals surface area (Å²) in [5.74, 6) is 1.17. The number of piperazine rings is 1. The summed E-state index contributed by atoms with van der Waals surface area (Å²) in [4.78, 5) is 18.3. The number of sulfone groups is 1. The Morgan fingerprint density at radius 2 is 1.73 bits per heavy atom. The Kier molecular flexibility index (Phi) is 9.75. The van der Waals surface area contributed by atoms with Gasteiger partial charge in [0.2, 0.25) is 11.8 Å². The van der Waals surface area contributed by atoms with E-state index >= 15 is 0 Å². The summed E-state index contributed by atoms with van der Waals surface area (Å²) >= 11 is 0. The van der Waals surface area contributed by atoms with E-state index in [0.717, 1.165) is 18.5 Å². The molecule has 2 aromatic rings. The highest BCUT2D eigenvalue weighted by Crippen LogP contribution is 2.35. The zero-order chi connectivity index (χ0) is 26.8. The van der Waals surface area contributed by atoms with Crippen LogP contribution in [0.1, 0.15) is 11.1 Å². The molecule has 0 spiro atoms. The predicted octanol–water partition coefficient (Wildman–Crippen LogP) is 2.06. The van der Waals surface area contributed by atoms with Crippen molar-refractivity contribution in [2.45, 2.75) is 5.75 Å². The number of ether oxygens (including phenoxy) is 4. The zero-order valence-corrected chi connectivity index (χ0v) is 22.1.